The van der Waals surface area contributed by atoms with E-state index >= 15 is 0 Å². The molecule has 2 aromatic carbocycles. The van der Waals surface area contributed by atoms with Crippen LogP contribution >= 0.6 is 0 Å². The molecule has 1 aliphatic heterocycles. The van der Waals surface area contributed by atoms with Crippen molar-refractivity contribution < 1.29 is 23.0 Å². The lowest BCUT2D eigenvalue weighted by molar-refractivity contribution is -0.883. The van der Waals surface area contributed by atoms with Gasteiger partial charge in [-0.05, 0) is 30.7 Å². The molecule has 1 fully saturated rings. The molecule has 0 aliphatic carbocycles. The number of aryl methyl sites for hydroxylation is 1. The van der Waals surface area contributed by atoms with Crippen LogP contribution in [0.3, 0.4) is 0 Å². The first-order valence-electron chi connectivity index (χ1n) is 8.62. The summed E-state index contributed by atoms with van der Waals surface area (Å²) in [5.74, 6) is 0.495. The minimum Gasteiger partial charge on any atom is -0.450 e. The summed E-state index contributed by atoms with van der Waals surface area (Å²) < 4.78 is 32.7. The van der Waals surface area contributed by atoms with Crippen LogP contribution in [-0.2, 0) is 10.0 Å². The number of nitrogens with zero attached hydrogens (tertiary/aromatic N) is 2. The van der Waals surface area contributed by atoms with Gasteiger partial charge in [-0.25, -0.2) is 8.42 Å². The zero-order valence-electron chi connectivity index (χ0n) is 15.2. The fourth-order valence-corrected chi connectivity index (χ4v) is 4.40. The summed E-state index contributed by atoms with van der Waals surface area (Å²) >= 11 is 0. The number of piperazine rings is 1. The molecule has 2 aromatic rings. The van der Waals surface area contributed by atoms with Gasteiger partial charge >= 0.3 is 5.69 Å². The molecule has 1 N–H and O–H groups in total. The van der Waals surface area contributed by atoms with Gasteiger partial charge in [-0.2, -0.15) is 4.31 Å². The van der Waals surface area contributed by atoms with E-state index in [1.54, 1.807) is 12.1 Å². The first-order valence-corrected chi connectivity index (χ1v) is 10.1. The second-order valence-corrected chi connectivity index (χ2v) is 8.55. The molecule has 0 saturated carbocycles. The van der Waals surface area contributed by atoms with Gasteiger partial charge in [0.05, 0.1) is 43.0 Å². The first kappa shape index (κ1) is 19.3. The van der Waals surface area contributed by atoms with E-state index in [-0.39, 0.29) is 16.3 Å². The average Bonchev–Trinajstić information content (AvgIpc) is 2.64. The Morgan fingerprint density at radius 1 is 1.11 bits per heavy atom. The number of rotatable bonds is 5. The number of quaternary nitrogens is 1. The Kier molecular flexibility index (Phi) is 5.45. The highest BCUT2D eigenvalue weighted by Crippen LogP contribution is 2.35. The van der Waals surface area contributed by atoms with Gasteiger partial charge in [0.2, 0.25) is 15.8 Å². The summed E-state index contributed by atoms with van der Waals surface area (Å²) in [4.78, 5) is 12.1. The number of hydrogen-bond acceptors (Lipinski definition) is 5. The summed E-state index contributed by atoms with van der Waals surface area (Å²) in [6, 6.07) is 10.9. The van der Waals surface area contributed by atoms with Crippen LogP contribution in [0.1, 0.15) is 5.56 Å². The van der Waals surface area contributed by atoms with E-state index in [2.05, 4.69) is 0 Å². The third-order valence-electron chi connectivity index (χ3n) is 4.65. The van der Waals surface area contributed by atoms with Gasteiger partial charge in [0.25, 0.3) is 0 Å². The fourth-order valence-electron chi connectivity index (χ4n) is 2.93. The average molecular weight is 392 g/mol. The summed E-state index contributed by atoms with van der Waals surface area (Å²) in [6.45, 7) is 4.02. The highest BCUT2D eigenvalue weighted by atomic mass is 32.2. The molecular formula is C18H22N3O5S+. The highest BCUT2D eigenvalue weighted by molar-refractivity contribution is 7.89. The standard InChI is InChI=1S/C18H21N3O5S/c1-14-5-3-4-6-17(14)26-18-8-7-15(13-16(18)21(22)23)27(24,25)20-11-9-19(2)10-12-20/h3-8,13H,9-12H2,1-2H3/p+1. The van der Waals surface area contributed by atoms with E-state index in [1.165, 1.54) is 21.3 Å². The van der Waals surface area contributed by atoms with Crippen LogP contribution in [0, 0.1) is 17.0 Å². The topological polar surface area (TPSA) is 94.2 Å². The van der Waals surface area contributed by atoms with Crippen molar-refractivity contribution in [3.63, 3.8) is 0 Å². The lowest BCUT2D eigenvalue weighted by Gasteiger charge is -2.29. The van der Waals surface area contributed by atoms with Crippen molar-refractivity contribution in [2.45, 2.75) is 11.8 Å². The number of sulfonamides is 1. The number of hydrogen-bond donors (Lipinski definition) is 1. The fraction of sp³-hybridized carbons (Fsp3) is 0.333. The number of nitro groups is 1. The van der Waals surface area contributed by atoms with Crippen molar-refractivity contribution in [3.05, 3.63) is 58.1 Å². The molecule has 27 heavy (non-hydrogen) atoms. The number of ether oxygens (including phenoxy) is 1. The van der Waals surface area contributed by atoms with Gasteiger partial charge in [0.15, 0.2) is 0 Å². The third-order valence-corrected chi connectivity index (χ3v) is 6.55. The van der Waals surface area contributed by atoms with Crippen molar-refractivity contribution in [3.8, 4) is 11.5 Å². The minimum atomic E-state index is -3.78. The predicted octanol–water partition coefficient (Wildman–Crippen LogP) is 1.21. The Balaban J connectivity index is 1.94. The van der Waals surface area contributed by atoms with Gasteiger partial charge in [-0.15, -0.1) is 0 Å². The number of nitro benzene ring substituents is 1. The Bertz CT molecular complexity index is 953. The molecule has 1 aliphatic rings. The smallest absolute Gasteiger partial charge is 0.312 e. The van der Waals surface area contributed by atoms with E-state index in [0.717, 1.165) is 11.6 Å². The molecule has 0 aromatic heterocycles. The van der Waals surface area contributed by atoms with E-state index in [1.807, 2.05) is 26.1 Å². The van der Waals surface area contributed by atoms with E-state index in [4.69, 9.17) is 4.74 Å². The van der Waals surface area contributed by atoms with Gasteiger partial charge in [-0.1, -0.05) is 18.2 Å². The molecule has 9 heteroatoms. The predicted molar refractivity (Wildman–Crippen MR) is 99.7 cm³/mol. The molecule has 0 spiro atoms. The Morgan fingerprint density at radius 3 is 2.41 bits per heavy atom. The largest absolute Gasteiger partial charge is 0.450 e. The quantitative estimate of drug-likeness (QED) is 0.610. The van der Waals surface area contributed by atoms with Crippen molar-refractivity contribution in [1.29, 1.82) is 0 Å². The Hall–Kier alpha value is -2.49. The van der Waals surface area contributed by atoms with Crippen LogP contribution in [0.25, 0.3) is 0 Å². The van der Waals surface area contributed by atoms with Crippen LogP contribution in [0.2, 0.25) is 0 Å². The Labute approximate surface area is 158 Å². The van der Waals surface area contributed by atoms with Gasteiger partial charge < -0.3 is 9.64 Å². The number of benzene rings is 2. The molecule has 0 unspecified atom stereocenters. The van der Waals surface area contributed by atoms with Crippen molar-refractivity contribution in [2.75, 3.05) is 33.2 Å². The zero-order valence-corrected chi connectivity index (χ0v) is 16.0. The molecule has 8 nitrogen and oxygen atoms in total. The zero-order chi connectivity index (χ0) is 19.6. The Morgan fingerprint density at radius 2 is 1.78 bits per heavy atom. The number of likely N-dealkylation sites (N-methyl/N-ethyl adjacent to an activating group) is 1. The molecular weight excluding hydrogens is 370 g/mol. The monoisotopic (exact) mass is 392 g/mol. The molecule has 0 amide bonds. The lowest BCUT2D eigenvalue weighted by Crippen LogP contribution is -3.12. The molecule has 0 atom stereocenters. The van der Waals surface area contributed by atoms with Crippen molar-refractivity contribution >= 4 is 15.7 Å². The maximum absolute atomic E-state index is 12.8. The van der Waals surface area contributed by atoms with E-state index < -0.39 is 14.9 Å². The summed E-state index contributed by atoms with van der Waals surface area (Å²) in [5, 5.41) is 11.5. The van der Waals surface area contributed by atoms with Crippen molar-refractivity contribution in [1.82, 2.24) is 4.31 Å². The summed E-state index contributed by atoms with van der Waals surface area (Å²) in [6.07, 6.45) is 0. The molecule has 144 valence electrons. The number of nitrogens with one attached hydrogen (secondary N) is 1. The summed E-state index contributed by atoms with van der Waals surface area (Å²) in [5.41, 5.74) is 0.447. The first-order chi connectivity index (χ1) is 12.8. The van der Waals surface area contributed by atoms with Crippen LogP contribution in [0.15, 0.2) is 47.4 Å². The summed E-state index contributed by atoms with van der Waals surface area (Å²) in [7, 11) is -1.77. The SMILES string of the molecule is Cc1ccccc1Oc1ccc(S(=O)(=O)N2CC[NH+](C)CC2)cc1[N+](=O)[O-]. The number of para-hydroxylation sites is 1. The van der Waals surface area contributed by atoms with Gasteiger partial charge in [-0.3, -0.25) is 10.1 Å². The molecule has 3 rings (SSSR count). The van der Waals surface area contributed by atoms with Crippen LogP contribution in [-0.4, -0.2) is 50.9 Å². The van der Waals surface area contributed by atoms with Gasteiger partial charge in [0, 0.05) is 6.07 Å². The second kappa shape index (κ2) is 7.63. The second-order valence-electron chi connectivity index (χ2n) is 6.62. The molecule has 0 radical (unpaired) electrons. The molecule has 1 heterocycles. The lowest BCUT2D eigenvalue weighted by atomic mass is 10.2. The van der Waals surface area contributed by atoms with Gasteiger partial charge in [0.1, 0.15) is 5.75 Å². The maximum atomic E-state index is 12.8. The minimum absolute atomic E-state index is 0.0103. The van der Waals surface area contributed by atoms with Crippen LogP contribution in [0.5, 0.6) is 11.5 Å². The maximum Gasteiger partial charge on any atom is 0.312 e. The van der Waals surface area contributed by atoms with E-state index in [9.17, 15) is 18.5 Å². The van der Waals surface area contributed by atoms with Crippen molar-refractivity contribution in [2.24, 2.45) is 0 Å². The highest BCUT2D eigenvalue weighted by Gasteiger charge is 2.31. The molecule has 0 bridgehead atoms. The van der Waals surface area contributed by atoms with Crippen LogP contribution in [0.4, 0.5) is 5.69 Å². The normalized spacial score (nSPS) is 16.2. The van der Waals surface area contributed by atoms with Crippen LogP contribution < -0.4 is 9.64 Å². The molecule has 1 saturated heterocycles. The van der Waals surface area contributed by atoms with E-state index in [0.29, 0.717) is 31.9 Å². The third kappa shape index (κ3) is 4.10.